The Morgan fingerprint density at radius 2 is 2.04 bits per heavy atom. The van der Waals surface area contributed by atoms with Crippen molar-refractivity contribution < 1.29 is 9.21 Å². The number of amides is 1. The van der Waals surface area contributed by atoms with E-state index in [0.717, 1.165) is 31.7 Å². The van der Waals surface area contributed by atoms with Gasteiger partial charge in [0.25, 0.3) is 5.91 Å². The summed E-state index contributed by atoms with van der Waals surface area (Å²) < 4.78 is 7.74. The van der Waals surface area contributed by atoms with Gasteiger partial charge in [-0.05, 0) is 25.6 Å². The Morgan fingerprint density at radius 3 is 2.64 bits per heavy atom. The molecule has 1 unspecified atom stereocenters. The third kappa shape index (κ3) is 2.66. The zero-order chi connectivity index (χ0) is 17.8. The zero-order valence-corrected chi connectivity index (χ0v) is 15.3. The van der Waals surface area contributed by atoms with E-state index < -0.39 is 0 Å². The van der Waals surface area contributed by atoms with Gasteiger partial charge in [-0.15, -0.1) is 10.2 Å². The molecule has 4 heterocycles. The van der Waals surface area contributed by atoms with Crippen LogP contribution in [0.3, 0.4) is 0 Å². The highest BCUT2D eigenvalue weighted by Crippen LogP contribution is 2.47. The van der Waals surface area contributed by atoms with Crippen LogP contribution in [-0.4, -0.2) is 57.2 Å². The Morgan fingerprint density at radius 1 is 1.28 bits per heavy atom. The molecule has 0 N–H and O–H groups in total. The lowest BCUT2D eigenvalue weighted by atomic mass is 9.77. The second-order valence-electron chi connectivity index (χ2n) is 7.93. The number of nitrogens with zero attached hydrogens (tertiary/aromatic N) is 5. The largest absolute Gasteiger partial charge is 0.423 e. The van der Waals surface area contributed by atoms with Gasteiger partial charge < -0.3 is 13.9 Å². The van der Waals surface area contributed by atoms with E-state index in [9.17, 15) is 4.79 Å². The van der Waals surface area contributed by atoms with Gasteiger partial charge in [-0.25, -0.2) is 0 Å². The molecule has 1 amide bonds. The number of rotatable bonds is 3. The average molecular weight is 343 g/mol. The van der Waals surface area contributed by atoms with Crippen LogP contribution in [-0.2, 0) is 7.05 Å². The van der Waals surface area contributed by atoms with Crippen molar-refractivity contribution in [1.82, 2.24) is 24.6 Å². The summed E-state index contributed by atoms with van der Waals surface area (Å²) in [6, 6.07) is 3.93. The summed E-state index contributed by atoms with van der Waals surface area (Å²) in [6.45, 7) is 6.65. The van der Waals surface area contributed by atoms with Gasteiger partial charge in [0.05, 0.1) is 6.04 Å². The molecule has 0 aromatic carbocycles. The molecular weight excluding hydrogens is 318 g/mol. The van der Waals surface area contributed by atoms with Crippen molar-refractivity contribution in [2.45, 2.75) is 32.2 Å². The molecule has 0 radical (unpaired) electrons. The second kappa shape index (κ2) is 5.69. The molecule has 4 rings (SSSR count). The lowest BCUT2D eigenvalue weighted by Crippen LogP contribution is -2.59. The molecule has 2 aromatic heterocycles. The normalized spacial score (nSPS) is 22.8. The highest BCUT2D eigenvalue weighted by atomic mass is 16.4. The van der Waals surface area contributed by atoms with E-state index in [0.29, 0.717) is 11.8 Å². The van der Waals surface area contributed by atoms with Gasteiger partial charge in [0.2, 0.25) is 11.8 Å². The molecule has 0 saturated carbocycles. The molecule has 1 atom stereocenters. The van der Waals surface area contributed by atoms with Gasteiger partial charge in [0.1, 0.15) is 5.69 Å². The van der Waals surface area contributed by atoms with E-state index in [1.165, 1.54) is 0 Å². The highest BCUT2D eigenvalue weighted by Gasteiger charge is 2.53. The molecule has 7 heteroatoms. The lowest BCUT2D eigenvalue weighted by Gasteiger charge is -2.48. The molecule has 0 aliphatic carbocycles. The average Bonchev–Trinajstić information content (AvgIpc) is 3.22. The number of likely N-dealkylation sites (tertiary alicyclic amines) is 2. The predicted octanol–water partition coefficient (Wildman–Crippen LogP) is 2.05. The van der Waals surface area contributed by atoms with Gasteiger partial charge >= 0.3 is 0 Å². The summed E-state index contributed by atoms with van der Waals surface area (Å²) in [5.41, 5.74) is 0.892. The summed E-state index contributed by atoms with van der Waals surface area (Å²) in [6.07, 6.45) is 2.87. The lowest BCUT2D eigenvalue weighted by molar-refractivity contribution is 0.0107. The molecule has 2 aliphatic rings. The smallest absolute Gasteiger partial charge is 0.270 e. The van der Waals surface area contributed by atoms with Crippen LogP contribution in [0.4, 0.5) is 0 Å². The molecule has 2 aromatic rings. The third-order valence-electron chi connectivity index (χ3n) is 5.48. The van der Waals surface area contributed by atoms with E-state index in [-0.39, 0.29) is 23.3 Å². The Kier molecular flexibility index (Phi) is 3.72. The molecule has 25 heavy (non-hydrogen) atoms. The van der Waals surface area contributed by atoms with E-state index in [2.05, 4.69) is 36.0 Å². The first-order valence-corrected chi connectivity index (χ1v) is 8.83. The minimum Gasteiger partial charge on any atom is -0.423 e. The van der Waals surface area contributed by atoms with Gasteiger partial charge in [-0.3, -0.25) is 9.69 Å². The van der Waals surface area contributed by atoms with Crippen molar-refractivity contribution in [2.24, 2.45) is 12.5 Å². The Balaban J connectivity index is 1.44. The summed E-state index contributed by atoms with van der Waals surface area (Å²) in [5.74, 6) is 1.75. The minimum atomic E-state index is 0.115. The SMILES string of the molecule is CC(C)c1nnc(C2CC3(CN(C(=O)c4cccn4C)C3)CN2C)o1. The van der Waals surface area contributed by atoms with E-state index in [1.807, 2.05) is 34.8 Å². The second-order valence-corrected chi connectivity index (χ2v) is 7.93. The van der Waals surface area contributed by atoms with Crippen molar-refractivity contribution in [3.8, 4) is 0 Å². The molecule has 2 fully saturated rings. The van der Waals surface area contributed by atoms with Gasteiger partial charge in [-0.2, -0.15) is 0 Å². The summed E-state index contributed by atoms with van der Waals surface area (Å²) in [5, 5.41) is 8.42. The third-order valence-corrected chi connectivity index (χ3v) is 5.48. The fourth-order valence-corrected chi connectivity index (χ4v) is 4.14. The quantitative estimate of drug-likeness (QED) is 0.853. The molecule has 134 valence electrons. The van der Waals surface area contributed by atoms with Crippen LogP contribution in [0, 0.1) is 5.41 Å². The number of carbonyl (C=O) groups is 1. The monoisotopic (exact) mass is 343 g/mol. The van der Waals surface area contributed by atoms with E-state index in [4.69, 9.17) is 4.42 Å². The molecule has 7 nitrogen and oxygen atoms in total. The predicted molar refractivity (Wildman–Crippen MR) is 92.1 cm³/mol. The van der Waals surface area contributed by atoms with Crippen LogP contribution >= 0.6 is 0 Å². The highest BCUT2D eigenvalue weighted by molar-refractivity contribution is 5.93. The van der Waals surface area contributed by atoms with Gasteiger partial charge in [-0.1, -0.05) is 13.8 Å². The molecular formula is C18H25N5O2. The summed E-state index contributed by atoms with van der Waals surface area (Å²) in [7, 11) is 4.00. The van der Waals surface area contributed by atoms with Crippen LogP contribution in [0.25, 0.3) is 0 Å². The molecule has 2 saturated heterocycles. The van der Waals surface area contributed by atoms with Crippen molar-refractivity contribution in [3.63, 3.8) is 0 Å². The maximum Gasteiger partial charge on any atom is 0.270 e. The molecule has 2 aliphatic heterocycles. The fourth-order valence-electron chi connectivity index (χ4n) is 4.14. The standard InChI is InChI=1S/C18H25N5O2/c1-12(2)15-19-20-16(25-15)14-8-18(9-22(14)4)10-23(11-18)17(24)13-6-5-7-21(13)3/h5-7,12,14H,8-11H2,1-4H3. The summed E-state index contributed by atoms with van der Waals surface area (Å²) >= 11 is 0. The minimum absolute atomic E-state index is 0.115. The van der Waals surface area contributed by atoms with Gasteiger partial charge in [0.15, 0.2) is 0 Å². The van der Waals surface area contributed by atoms with Crippen molar-refractivity contribution in [1.29, 1.82) is 0 Å². The topological polar surface area (TPSA) is 67.4 Å². The van der Waals surface area contributed by atoms with Crippen LogP contribution in [0.2, 0.25) is 0 Å². The first-order valence-electron chi connectivity index (χ1n) is 8.83. The first-order chi connectivity index (χ1) is 11.9. The first kappa shape index (κ1) is 16.3. The van der Waals surface area contributed by atoms with Crippen molar-refractivity contribution in [3.05, 3.63) is 35.8 Å². The van der Waals surface area contributed by atoms with E-state index in [1.54, 1.807) is 0 Å². The maximum atomic E-state index is 12.6. The van der Waals surface area contributed by atoms with Crippen molar-refractivity contribution in [2.75, 3.05) is 26.7 Å². The molecule has 1 spiro atoms. The zero-order valence-electron chi connectivity index (χ0n) is 15.3. The fraction of sp³-hybridized carbons (Fsp3) is 0.611. The van der Waals surface area contributed by atoms with Crippen LogP contribution in [0.15, 0.2) is 22.7 Å². The Bertz CT molecular complexity index is 787. The molecule has 0 bridgehead atoms. The van der Waals surface area contributed by atoms with Crippen LogP contribution in [0.5, 0.6) is 0 Å². The van der Waals surface area contributed by atoms with Gasteiger partial charge in [0, 0.05) is 44.2 Å². The van der Waals surface area contributed by atoms with E-state index >= 15 is 0 Å². The number of aromatic nitrogens is 3. The Labute approximate surface area is 147 Å². The summed E-state index contributed by atoms with van der Waals surface area (Å²) in [4.78, 5) is 16.8. The number of hydrogen-bond acceptors (Lipinski definition) is 5. The van der Waals surface area contributed by atoms with Crippen LogP contribution < -0.4 is 0 Å². The van der Waals surface area contributed by atoms with Crippen molar-refractivity contribution >= 4 is 5.91 Å². The Hall–Kier alpha value is -2.15. The number of aryl methyl sites for hydroxylation is 1. The number of hydrogen-bond donors (Lipinski definition) is 0. The van der Waals surface area contributed by atoms with Crippen LogP contribution in [0.1, 0.15) is 54.5 Å². The number of carbonyl (C=O) groups excluding carboxylic acids is 1. The maximum absolute atomic E-state index is 12.6.